The fourth-order valence-electron chi connectivity index (χ4n) is 2.18. The Balaban J connectivity index is 2.33. The van der Waals surface area contributed by atoms with Crippen LogP contribution in [0.1, 0.15) is 6.92 Å². The summed E-state index contributed by atoms with van der Waals surface area (Å²) in [6, 6.07) is 4.96. The molecule has 8 heteroatoms. The van der Waals surface area contributed by atoms with E-state index in [1.165, 1.54) is 19.1 Å². The maximum atomic E-state index is 12.0. The number of nitrogens with one attached hydrogen (secondary N) is 1. The zero-order valence-electron chi connectivity index (χ0n) is 13.8. The van der Waals surface area contributed by atoms with Gasteiger partial charge in [-0.3, -0.25) is 4.79 Å². The van der Waals surface area contributed by atoms with E-state index in [4.69, 9.17) is 4.74 Å². The van der Waals surface area contributed by atoms with Crippen LogP contribution in [0.3, 0.4) is 0 Å². The highest BCUT2D eigenvalue weighted by Gasteiger charge is 2.29. The van der Waals surface area contributed by atoms with Gasteiger partial charge in [0.1, 0.15) is 11.4 Å². The van der Waals surface area contributed by atoms with Crippen molar-refractivity contribution >= 4 is 29.2 Å². The summed E-state index contributed by atoms with van der Waals surface area (Å²) in [6.45, 7) is 1.67. The molecule has 1 aromatic rings. The SMILES string of the molecule is COC(=O)/C=C(/Nc1ccc2c(c1)N(C)C(=O)C(C)O2)C(=O)OC. The average Bonchev–Trinajstić information content (AvgIpc) is 2.58. The molecule has 24 heavy (non-hydrogen) atoms. The average molecular weight is 334 g/mol. The van der Waals surface area contributed by atoms with Gasteiger partial charge < -0.3 is 24.4 Å². The molecule has 1 amide bonds. The van der Waals surface area contributed by atoms with Crippen molar-refractivity contribution < 1.29 is 28.6 Å². The molecule has 1 heterocycles. The van der Waals surface area contributed by atoms with Crippen LogP contribution in [-0.2, 0) is 23.9 Å². The molecule has 0 aromatic heterocycles. The van der Waals surface area contributed by atoms with Crippen LogP contribution in [0.4, 0.5) is 11.4 Å². The Labute approximate surface area is 139 Å². The standard InChI is InChI=1S/C16H18N2O6/c1-9-15(20)18(2)12-7-10(5-6-13(12)24-9)17-11(16(21)23-4)8-14(19)22-3/h5-9,17H,1-4H3/b11-8+. The fraction of sp³-hybridized carbons (Fsp3) is 0.312. The fourth-order valence-corrected chi connectivity index (χ4v) is 2.18. The van der Waals surface area contributed by atoms with Crippen molar-refractivity contribution in [3.8, 4) is 5.75 Å². The number of esters is 2. The smallest absolute Gasteiger partial charge is 0.354 e. The highest BCUT2D eigenvalue weighted by atomic mass is 16.5. The Morgan fingerprint density at radius 3 is 2.62 bits per heavy atom. The van der Waals surface area contributed by atoms with Crippen LogP contribution in [0, 0.1) is 0 Å². The molecular weight excluding hydrogens is 316 g/mol. The second-order valence-corrected chi connectivity index (χ2v) is 5.04. The molecule has 0 saturated carbocycles. The Morgan fingerprint density at radius 1 is 1.29 bits per heavy atom. The van der Waals surface area contributed by atoms with Gasteiger partial charge in [-0.15, -0.1) is 0 Å². The molecule has 1 unspecified atom stereocenters. The summed E-state index contributed by atoms with van der Waals surface area (Å²) in [5, 5.41) is 2.78. The van der Waals surface area contributed by atoms with E-state index in [0.717, 1.165) is 6.08 Å². The minimum Gasteiger partial charge on any atom is -0.479 e. The van der Waals surface area contributed by atoms with Crippen molar-refractivity contribution in [3.05, 3.63) is 30.0 Å². The number of anilines is 2. The molecule has 0 radical (unpaired) electrons. The molecule has 0 fully saturated rings. The van der Waals surface area contributed by atoms with Gasteiger partial charge in [0.05, 0.1) is 26.0 Å². The maximum Gasteiger partial charge on any atom is 0.354 e. The number of ether oxygens (including phenoxy) is 3. The van der Waals surface area contributed by atoms with Crippen molar-refractivity contribution in [2.24, 2.45) is 0 Å². The highest BCUT2D eigenvalue weighted by Crippen LogP contribution is 2.35. The van der Waals surface area contributed by atoms with Crippen LogP contribution in [-0.4, -0.2) is 45.2 Å². The van der Waals surface area contributed by atoms with E-state index >= 15 is 0 Å². The third-order valence-electron chi connectivity index (χ3n) is 3.45. The lowest BCUT2D eigenvalue weighted by Gasteiger charge is -2.30. The summed E-state index contributed by atoms with van der Waals surface area (Å²) in [5.41, 5.74) is 0.931. The van der Waals surface area contributed by atoms with Gasteiger partial charge in [-0.2, -0.15) is 0 Å². The highest BCUT2D eigenvalue weighted by molar-refractivity contribution is 6.01. The second kappa shape index (κ2) is 7.03. The third kappa shape index (κ3) is 3.48. The summed E-state index contributed by atoms with van der Waals surface area (Å²) >= 11 is 0. The van der Waals surface area contributed by atoms with Gasteiger partial charge in [-0.1, -0.05) is 0 Å². The van der Waals surface area contributed by atoms with Gasteiger partial charge in [-0.25, -0.2) is 9.59 Å². The third-order valence-corrected chi connectivity index (χ3v) is 3.45. The van der Waals surface area contributed by atoms with E-state index < -0.39 is 18.0 Å². The quantitative estimate of drug-likeness (QED) is 0.650. The molecule has 1 aliphatic heterocycles. The molecule has 1 atom stereocenters. The van der Waals surface area contributed by atoms with Crippen molar-refractivity contribution in [1.29, 1.82) is 0 Å². The summed E-state index contributed by atoms with van der Waals surface area (Å²) in [5.74, 6) is -1.07. The number of hydrogen-bond acceptors (Lipinski definition) is 7. The molecule has 0 aliphatic carbocycles. The van der Waals surface area contributed by atoms with Gasteiger partial charge in [0.15, 0.2) is 6.10 Å². The zero-order chi connectivity index (χ0) is 17.9. The topological polar surface area (TPSA) is 94.2 Å². The number of methoxy groups -OCH3 is 2. The van der Waals surface area contributed by atoms with E-state index in [-0.39, 0.29) is 11.6 Å². The number of nitrogens with zero attached hydrogens (tertiary/aromatic N) is 1. The lowest BCUT2D eigenvalue weighted by atomic mass is 10.1. The van der Waals surface area contributed by atoms with Crippen molar-refractivity contribution in [3.63, 3.8) is 0 Å². The number of rotatable bonds is 4. The summed E-state index contributed by atoms with van der Waals surface area (Å²) in [6.07, 6.45) is 0.421. The molecule has 128 valence electrons. The molecule has 2 rings (SSSR count). The van der Waals surface area contributed by atoms with Crippen LogP contribution in [0.2, 0.25) is 0 Å². The number of amides is 1. The molecule has 8 nitrogen and oxygen atoms in total. The summed E-state index contributed by atoms with van der Waals surface area (Å²) in [7, 11) is 4.03. The normalized spacial score (nSPS) is 16.8. The van der Waals surface area contributed by atoms with Crippen LogP contribution < -0.4 is 15.0 Å². The number of likely N-dealkylation sites (N-methyl/N-ethyl adjacent to an activating group) is 1. The first-order valence-electron chi connectivity index (χ1n) is 7.10. The monoisotopic (exact) mass is 334 g/mol. The largest absolute Gasteiger partial charge is 0.479 e. The Bertz CT molecular complexity index is 713. The number of benzene rings is 1. The van der Waals surface area contributed by atoms with E-state index in [0.29, 0.717) is 17.1 Å². The summed E-state index contributed by atoms with van der Waals surface area (Å²) in [4.78, 5) is 36.6. The Hall–Kier alpha value is -3.03. The number of fused-ring (bicyclic) bond motifs is 1. The predicted molar refractivity (Wildman–Crippen MR) is 85.7 cm³/mol. The molecular formula is C16H18N2O6. The summed E-state index contributed by atoms with van der Waals surface area (Å²) < 4.78 is 14.7. The van der Waals surface area contributed by atoms with Crippen LogP contribution >= 0.6 is 0 Å². The maximum absolute atomic E-state index is 12.0. The zero-order valence-corrected chi connectivity index (χ0v) is 13.8. The molecule has 0 saturated heterocycles. The molecule has 1 aliphatic rings. The van der Waals surface area contributed by atoms with Crippen LogP contribution in [0.25, 0.3) is 0 Å². The van der Waals surface area contributed by atoms with Crippen LogP contribution in [0.5, 0.6) is 5.75 Å². The first-order chi connectivity index (χ1) is 11.4. The minimum atomic E-state index is -0.729. The lowest BCUT2D eigenvalue weighted by molar-refractivity contribution is -0.138. The van der Waals surface area contributed by atoms with E-state index in [1.807, 2.05) is 0 Å². The van der Waals surface area contributed by atoms with Gasteiger partial charge in [-0.05, 0) is 25.1 Å². The van der Waals surface area contributed by atoms with Crippen LogP contribution in [0.15, 0.2) is 30.0 Å². The molecule has 0 spiro atoms. The van der Waals surface area contributed by atoms with Gasteiger partial charge in [0.25, 0.3) is 5.91 Å². The molecule has 0 bridgehead atoms. The predicted octanol–water partition coefficient (Wildman–Crippen LogP) is 1.07. The first-order valence-corrected chi connectivity index (χ1v) is 7.10. The van der Waals surface area contributed by atoms with Crippen molar-refractivity contribution in [1.82, 2.24) is 0 Å². The van der Waals surface area contributed by atoms with Crippen molar-refractivity contribution in [2.45, 2.75) is 13.0 Å². The minimum absolute atomic E-state index is 0.0941. The first kappa shape index (κ1) is 17.3. The van der Waals surface area contributed by atoms with E-state index in [1.54, 1.807) is 32.2 Å². The molecule has 1 aromatic carbocycles. The lowest BCUT2D eigenvalue weighted by Crippen LogP contribution is -2.41. The van der Waals surface area contributed by atoms with Gasteiger partial charge in [0, 0.05) is 12.7 Å². The van der Waals surface area contributed by atoms with Gasteiger partial charge >= 0.3 is 11.9 Å². The number of carbonyl (C=O) groups is 3. The number of hydrogen-bond donors (Lipinski definition) is 1. The Morgan fingerprint density at radius 2 is 2.00 bits per heavy atom. The van der Waals surface area contributed by atoms with E-state index in [2.05, 4.69) is 14.8 Å². The molecule has 1 N–H and O–H groups in total. The van der Waals surface area contributed by atoms with E-state index in [9.17, 15) is 14.4 Å². The number of carbonyl (C=O) groups excluding carboxylic acids is 3. The van der Waals surface area contributed by atoms with Crippen molar-refractivity contribution in [2.75, 3.05) is 31.5 Å². The van der Waals surface area contributed by atoms with Gasteiger partial charge in [0.2, 0.25) is 0 Å². The Kier molecular flexibility index (Phi) is 5.08. The second-order valence-electron chi connectivity index (χ2n) is 5.04.